The van der Waals surface area contributed by atoms with Crippen molar-refractivity contribution in [2.75, 3.05) is 5.32 Å². The van der Waals surface area contributed by atoms with E-state index in [1.165, 1.54) is 11.3 Å². The lowest BCUT2D eigenvalue weighted by Crippen LogP contribution is -1.99. The van der Waals surface area contributed by atoms with Crippen LogP contribution in [-0.2, 0) is 11.3 Å². The van der Waals surface area contributed by atoms with Crippen molar-refractivity contribution in [3.63, 3.8) is 0 Å². The van der Waals surface area contributed by atoms with Gasteiger partial charge >= 0.3 is 5.97 Å². The van der Waals surface area contributed by atoms with Crippen LogP contribution in [0.5, 0.6) is 0 Å². The van der Waals surface area contributed by atoms with Crippen molar-refractivity contribution in [3.8, 4) is 0 Å². The van der Waals surface area contributed by atoms with Crippen LogP contribution in [0.25, 0.3) is 6.08 Å². The fraction of sp³-hybridized carbons (Fsp3) is 0.0769. The lowest BCUT2D eigenvalue weighted by molar-refractivity contribution is -0.131. The number of hydrogen-bond donors (Lipinski definition) is 2. The van der Waals surface area contributed by atoms with E-state index >= 15 is 0 Å². The lowest BCUT2D eigenvalue weighted by atomic mass is 10.1. The first-order valence-electron chi connectivity index (χ1n) is 5.59. The summed E-state index contributed by atoms with van der Waals surface area (Å²) in [5.41, 5.74) is 1.63. The van der Waals surface area contributed by atoms with E-state index in [1.54, 1.807) is 12.3 Å². The minimum absolute atomic E-state index is 0.502. The minimum atomic E-state index is -0.979. The molecule has 2 aromatic rings. The van der Waals surface area contributed by atoms with E-state index in [2.05, 4.69) is 26.2 Å². The zero-order valence-electron chi connectivity index (χ0n) is 10.1. The van der Waals surface area contributed by atoms with Gasteiger partial charge in [-0.3, -0.25) is 0 Å². The summed E-state index contributed by atoms with van der Waals surface area (Å²) < 4.78 is 1.41. The van der Waals surface area contributed by atoms with Crippen LogP contribution < -0.4 is 5.32 Å². The maximum absolute atomic E-state index is 10.6. The molecule has 0 aliphatic rings. The van der Waals surface area contributed by atoms with Gasteiger partial charge in [0.25, 0.3) is 0 Å². The molecular formula is C13H10BrClN2O2S. The molecule has 0 aliphatic heterocycles. The third-order valence-electron chi connectivity index (χ3n) is 2.40. The molecule has 0 radical (unpaired) electrons. The summed E-state index contributed by atoms with van der Waals surface area (Å²) >= 11 is 10.6. The van der Waals surface area contributed by atoms with Crippen LogP contribution in [0.1, 0.15) is 10.4 Å². The highest BCUT2D eigenvalue weighted by molar-refractivity contribution is 9.10. The average Bonchev–Trinajstić information content (AvgIpc) is 2.81. The zero-order valence-corrected chi connectivity index (χ0v) is 13.3. The summed E-state index contributed by atoms with van der Waals surface area (Å²) in [7, 11) is 0. The number of rotatable bonds is 5. The second-order valence-electron chi connectivity index (χ2n) is 3.84. The number of thiazole rings is 1. The molecule has 7 heteroatoms. The highest BCUT2D eigenvalue weighted by Crippen LogP contribution is 2.25. The summed E-state index contributed by atoms with van der Waals surface area (Å²) in [6.07, 6.45) is 4.37. The number of carboxylic acids is 1. The largest absolute Gasteiger partial charge is 0.478 e. The molecule has 1 heterocycles. The molecule has 2 N–H and O–H groups in total. The fourth-order valence-corrected chi connectivity index (χ4v) is 2.81. The molecule has 1 aromatic carbocycles. The molecule has 0 bridgehead atoms. The number of anilines is 1. The standard InChI is InChI=1S/C13H10BrClN2O2S/c14-9-3-1-8(2-4-12(18)19)11(5-9)16-6-10-7-17-13(15)20-10/h1-5,7,16H,6H2,(H,18,19). The number of carbonyl (C=O) groups is 1. The van der Waals surface area contributed by atoms with Crippen LogP contribution >= 0.6 is 38.9 Å². The molecule has 0 amide bonds. The van der Waals surface area contributed by atoms with E-state index in [-0.39, 0.29) is 0 Å². The molecule has 20 heavy (non-hydrogen) atoms. The zero-order chi connectivity index (χ0) is 14.5. The van der Waals surface area contributed by atoms with Crippen molar-refractivity contribution in [1.29, 1.82) is 0 Å². The van der Waals surface area contributed by atoms with Gasteiger partial charge in [0.2, 0.25) is 0 Å². The van der Waals surface area contributed by atoms with Gasteiger partial charge in [0, 0.05) is 27.3 Å². The van der Waals surface area contributed by atoms with Crippen LogP contribution in [-0.4, -0.2) is 16.1 Å². The maximum atomic E-state index is 10.6. The smallest absolute Gasteiger partial charge is 0.328 e. The first-order valence-corrected chi connectivity index (χ1v) is 7.58. The summed E-state index contributed by atoms with van der Waals surface area (Å²) in [5.74, 6) is -0.979. The molecule has 0 fully saturated rings. The summed E-state index contributed by atoms with van der Waals surface area (Å²) in [4.78, 5) is 15.6. The van der Waals surface area contributed by atoms with E-state index in [0.717, 1.165) is 26.7 Å². The van der Waals surface area contributed by atoms with Crippen LogP contribution in [0, 0.1) is 0 Å². The minimum Gasteiger partial charge on any atom is -0.478 e. The Morgan fingerprint density at radius 1 is 1.55 bits per heavy atom. The van der Waals surface area contributed by atoms with E-state index in [0.29, 0.717) is 11.0 Å². The van der Waals surface area contributed by atoms with E-state index < -0.39 is 5.97 Å². The molecule has 0 saturated heterocycles. The number of carboxylic acid groups (broad SMARTS) is 1. The number of nitrogens with one attached hydrogen (secondary N) is 1. The van der Waals surface area contributed by atoms with Crippen molar-refractivity contribution >= 4 is 56.6 Å². The Hall–Kier alpha value is -1.37. The Morgan fingerprint density at radius 2 is 2.35 bits per heavy atom. The molecule has 104 valence electrons. The molecule has 0 unspecified atom stereocenters. The van der Waals surface area contributed by atoms with Gasteiger partial charge in [0.1, 0.15) is 0 Å². The molecule has 0 atom stereocenters. The quantitative estimate of drug-likeness (QED) is 0.768. The molecule has 0 saturated carbocycles. The Balaban J connectivity index is 2.16. The Kier molecular flexibility index (Phi) is 5.17. The fourth-order valence-electron chi connectivity index (χ4n) is 1.54. The Morgan fingerprint density at radius 3 is 3.00 bits per heavy atom. The second-order valence-corrected chi connectivity index (χ2v) is 6.45. The predicted molar refractivity (Wildman–Crippen MR) is 85.3 cm³/mol. The Bertz CT molecular complexity index is 658. The van der Waals surface area contributed by atoms with Crippen molar-refractivity contribution in [2.45, 2.75) is 6.54 Å². The monoisotopic (exact) mass is 372 g/mol. The molecule has 2 rings (SSSR count). The van der Waals surface area contributed by atoms with Gasteiger partial charge in [-0.1, -0.05) is 33.6 Å². The van der Waals surface area contributed by atoms with Crippen LogP contribution in [0.3, 0.4) is 0 Å². The van der Waals surface area contributed by atoms with Crippen LogP contribution in [0.4, 0.5) is 5.69 Å². The number of hydrogen-bond acceptors (Lipinski definition) is 4. The first kappa shape index (κ1) is 15.0. The van der Waals surface area contributed by atoms with E-state index in [4.69, 9.17) is 16.7 Å². The maximum Gasteiger partial charge on any atom is 0.328 e. The first-order chi connectivity index (χ1) is 9.54. The second kappa shape index (κ2) is 6.88. The van der Waals surface area contributed by atoms with Gasteiger partial charge in [-0.25, -0.2) is 9.78 Å². The summed E-state index contributed by atoms with van der Waals surface area (Å²) in [6.45, 7) is 0.578. The lowest BCUT2D eigenvalue weighted by Gasteiger charge is -2.09. The van der Waals surface area contributed by atoms with Gasteiger partial charge in [-0.15, -0.1) is 11.3 Å². The third kappa shape index (κ3) is 4.33. The Labute approximate surface area is 133 Å². The van der Waals surface area contributed by atoms with E-state index in [1.807, 2.05) is 18.2 Å². The number of benzene rings is 1. The van der Waals surface area contributed by atoms with E-state index in [9.17, 15) is 4.79 Å². The van der Waals surface area contributed by atoms with Gasteiger partial charge in [-0.05, 0) is 23.8 Å². The van der Waals surface area contributed by atoms with Gasteiger partial charge in [0.05, 0.1) is 6.54 Å². The average molecular weight is 374 g/mol. The van der Waals surface area contributed by atoms with Crippen molar-refractivity contribution in [1.82, 2.24) is 4.98 Å². The van der Waals surface area contributed by atoms with Gasteiger partial charge < -0.3 is 10.4 Å². The predicted octanol–water partition coefficient (Wildman–Crippen LogP) is 4.27. The molecular weight excluding hydrogens is 364 g/mol. The summed E-state index contributed by atoms with van der Waals surface area (Å²) in [6, 6.07) is 5.59. The number of aliphatic carboxylic acids is 1. The third-order valence-corrected chi connectivity index (χ3v) is 4.01. The number of halogens is 2. The number of nitrogens with zero attached hydrogens (tertiary/aromatic N) is 1. The van der Waals surface area contributed by atoms with Crippen molar-refractivity contribution < 1.29 is 9.90 Å². The molecule has 4 nitrogen and oxygen atoms in total. The SMILES string of the molecule is O=C(O)C=Cc1ccc(Br)cc1NCc1cnc(Cl)s1. The van der Waals surface area contributed by atoms with Crippen molar-refractivity contribution in [3.05, 3.63) is 49.9 Å². The normalized spacial score (nSPS) is 10.9. The van der Waals surface area contributed by atoms with Gasteiger partial charge in [-0.2, -0.15) is 0 Å². The van der Waals surface area contributed by atoms with Gasteiger partial charge in [0.15, 0.2) is 4.47 Å². The van der Waals surface area contributed by atoms with Crippen LogP contribution in [0.2, 0.25) is 4.47 Å². The number of aromatic nitrogens is 1. The molecule has 0 aliphatic carbocycles. The van der Waals surface area contributed by atoms with Crippen molar-refractivity contribution in [2.24, 2.45) is 0 Å². The summed E-state index contributed by atoms with van der Waals surface area (Å²) in [5, 5.41) is 11.9. The molecule has 1 aromatic heterocycles. The highest BCUT2D eigenvalue weighted by atomic mass is 79.9. The highest BCUT2D eigenvalue weighted by Gasteiger charge is 2.04. The van der Waals surface area contributed by atoms with Crippen LogP contribution in [0.15, 0.2) is 34.9 Å². The molecule has 0 spiro atoms. The topological polar surface area (TPSA) is 62.2 Å².